The highest BCUT2D eigenvalue weighted by molar-refractivity contribution is 6.31. The second kappa shape index (κ2) is 8.10. The van der Waals surface area contributed by atoms with Crippen molar-refractivity contribution in [1.82, 2.24) is 15.3 Å². The summed E-state index contributed by atoms with van der Waals surface area (Å²) in [4.78, 5) is 8.92. The van der Waals surface area contributed by atoms with E-state index in [0.29, 0.717) is 5.95 Å². The largest absolute Gasteiger partial charge is 0.394 e. The highest BCUT2D eigenvalue weighted by atomic mass is 35.5. The summed E-state index contributed by atoms with van der Waals surface area (Å²) in [6.07, 6.45) is 3.48. The lowest BCUT2D eigenvalue weighted by Crippen LogP contribution is -2.41. The average Bonchev–Trinajstić information content (AvgIpc) is 2.67. The maximum Gasteiger partial charge on any atom is 0.223 e. The summed E-state index contributed by atoms with van der Waals surface area (Å²) in [7, 11) is 0. The Hall–Kier alpha value is -1.73. The number of nitrogens with one attached hydrogen (secondary N) is 2. The fourth-order valence-electron chi connectivity index (χ4n) is 3.39. The second-order valence-corrected chi connectivity index (χ2v) is 6.69. The van der Waals surface area contributed by atoms with Crippen LogP contribution in [0.1, 0.15) is 24.1 Å². The molecule has 0 aliphatic carbocycles. The molecule has 4 N–H and O–H groups in total. The predicted molar refractivity (Wildman–Crippen MR) is 98.0 cm³/mol. The van der Waals surface area contributed by atoms with E-state index in [1.54, 1.807) is 6.20 Å². The second-order valence-electron chi connectivity index (χ2n) is 6.28. The minimum Gasteiger partial charge on any atom is -0.394 e. The van der Waals surface area contributed by atoms with Gasteiger partial charge in [-0.1, -0.05) is 29.8 Å². The van der Waals surface area contributed by atoms with Crippen molar-refractivity contribution in [2.75, 3.05) is 31.6 Å². The first-order valence-electron chi connectivity index (χ1n) is 8.47. The van der Waals surface area contributed by atoms with Crippen molar-refractivity contribution >= 4 is 17.5 Å². The van der Waals surface area contributed by atoms with Crippen LogP contribution in [0.15, 0.2) is 36.5 Å². The number of halogens is 1. The first-order valence-corrected chi connectivity index (χ1v) is 8.85. The van der Waals surface area contributed by atoms with Gasteiger partial charge in [-0.3, -0.25) is 0 Å². The van der Waals surface area contributed by atoms with Crippen LogP contribution in [0, 0.1) is 0 Å². The molecule has 0 radical (unpaired) electrons. The molecule has 2 heterocycles. The number of rotatable bonds is 6. The Kier molecular flexibility index (Phi) is 5.86. The van der Waals surface area contributed by atoms with E-state index >= 15 is 0 Å². The van der Waals surface area contributed by atoms with Gasteiger partial charge in [0.2, 0.25) is 5.95 Å². The van der Waals surface area contributed by atoms with E-state index in [9.17, 15) is 10.2 Å². The number of benzene rings is 1. The van der Waals surface area contributed by atoms with Crippen LogP contribution in [0.5, 0.6) is 0 Å². The minimum absolute atomic E-state index is 0.191. The molecule has 1 aromatic carbocycles. The van der Waals surface area contributed by atoms with Crippen LogP contribution in [-0.2, 0) is 5.41 Å². The van der Waals surface area contributed by atoms with Crippen LogP contribution in [0.2, 0.25) is 5.02 Å². The molecule has 1 aliphatic rings. The quantitative estimate of drug-likeness (QED) is 0.623. The van der Waals surface area contributed by atoms with E-state index in [4.69, 9.17) is 16.6 Å². The third-order valence-corrected chi connectivity index (χ3v) is 5.10. The molecule has 0 bridgehead atoms. The number of hydrogen-bond donors (Lipinski definition) is 4. The lowest BCUT2D eigenvalue weighted by atomic mass is 9.70. The number of aliphatic hydroxyl groups is 2. The Bertz CT molecular complexity index is 703. The van der Waals surface area contributed by atoms with Crippen molar-refractivity contribution in [2.24, 2.45) is 0 Å². The fraction of sp³-hybridized carbons (Fsp3) is 0.444. The zero-order valence-electron chi connectivity index (χ0n) is 14.0. The number of hydrogen-bond acceptors (Lipinski definition) is 6. The van der Waals surface area contributed by atoms with E-state index in [2.05, 4.69) is 21.7 Å². The molecule has 1 fully saturated rings. The summed E-state index contributed by atoms with van der Waals surface area (Å²) in [5.74, 6) is 0.399. The summed E-state index contributed by atoms with van der Waals surface area (Å²) in [6, 6.07) is 9.34. The molecule has 134 valence electrons. The van der Waals surface area contributed by atoms with Crippen molar-refractivity contribution in [2.45, 2.75) is 24.3 Å². The summed E-state index contributed by atoms with van der Waals surface area (Å²) in [6.45, 7) is 1.38. The number of nitrogens with zero attached hydrogens (tertiary/aromatic N) is 2. The summed E-state index contributed by atoms with van der Waals surface area (Å²) < 4.78 is 0. The maximum absolute atomic E-state index is 9.27. The average molecular weight is 363 g/mol. The van der Waals surface area contributed by atoms with E-state index in [1.807, 2.05) is 24.3 Å². The van der Waals surface area contributed by atoms with Crippen LogP contribution in [-0.4, -0.2) is 52.5 Å². The molecule has 1 aromatic heterocycles. The minimum atomic E-state index is -0.487. The number of aromatic nitrogens is 2. The third-order valence-electron chi connectivity index (χ3n) is 4.77. The lowest BCUT2D eigenvalue weighted by molar-refractivity contribution is 0.203. The Morgan fingerprint density at radius 3 is 2.56 bits per heavy atom. The number of piperidine rings is 1. The van der Waals surface area contributed by atoms with Crippen molar-refractivity contribution in [3.05, 3.63) is 52.8 Å². The smallest absolute Gasteiger partial charge is 0.223 e. The molecule has 0 atom stereocenters. The molecular formula is C18H23ClN4O2. The number of aliphatic hydroxyl groups excluding tert-OH is 2. The first kappa shape index (κ1) is 18.1. The Morgan fingerprint density at radius 2 is 1.88 bits per heavy atom. The van der Waals surface area contributed by atoms with Gasteiger partial charge in [0.05, 0.1) is 24.9 Å². The van der Waals surface area contributed by atoms with Gasteiger partial charge in [-0.2, -0.15) is 0 Å². The SMILES string of the molecule is OCC(CO)Nc1nccc(C2(c3ccccc3Cl)CCNCC2)n1. The van der Waals surface area contributed by atoms with E-state index in [1.165, 1.54) is 0 Å². The van der Waals surface area contributed by atoms with Crippen molar-refractivity contribution < 1.29 is 10.2 Å². The molecular weight excluding hydrogens is 340 g/mol. The Balaban J connectivity index is 2.01. The third kappa shape index (κ3) is 3.77. The molecule has 7 heteroatoms. The zero-order valence-corrected chi connectivity index (χ0v) is 14.7. The standard InChI is InChI=1S/C18H23ClN4O2/c19-15-4-2-1-3-14(15)18(6-9-20-10-7-18)16-5-8-21-17(23-16)22-13(11-24)12-25/h1-5,8,13,20,24-25H,6-7,9-12H2,(H,21,22,23). The van der Waals surface area contributed by atoms with Gasteiger partial charge in [0, 0.05) is 16.6 Å². The highest BCUT2D eigenvalue weighted by Gasteiger charge is 2.38. The monoisotopic (exact) mass is 362 g/mol. The predicted octanol–water partition coefficient (Wildman–Crippen LogP) is 1.56. The van der Waals surface area contributed by atoms with Crippen molar-refractivity contribution in [1.29, 1.82) is 0 Å². The van der Waals surface area contributed by atoms with Gasteiger partial charge in [0.1, 0.15) is 0 Å². The molecule has 0 saturated carbocycles. The fourth-order valence-corrected chi connectivity index (χ4v) is 3.71. The molecule has 1 saturated heterocycles. The van der Waals surface area contributed by atoms with Crippen molar-refractivity contribution in [3.63, 3.8) is 0 Å². The van der Waals surface area contributed by atoms with Gasteiger partial charge in [0.15, 0.2) is 0 Å². The maximum atomic E-state index is 9.27. The van der Waals surface area contributed by atoms with Gasteiger partial charge < -0.3 is 20.8 Å². The first-order chi connectivity index (χ1) is 12.2. The van der Waals surface area contributed by atoms with E-state index < -0.39 is 6.04 Å². The van der Waals surface area contributed by atoms with Crippen LogP contribution >= 0.6 is 11.6 Å². The van der Waals surface area contributed by atoms with Gasteiger partial charge >= 0.3 is 0 Å². The highest BCUT2D eigenvalue weighted by Crippen LogP contribution is 2.42. The van der Waals surface area contributed by atoms with Crippen LogP contribution < -0.4 is 10.6 Å². The number of anilines is 1. The van der Waals surface area contributed by atoms with Gasteiger partial charge in [0.25, 0.3) is 0 Å². The normalized spacial score (nSPS) is 16.8. The molecule has 0 spiro atoms. The topological polar surface area (TPSA) is 90.3 Å². The molecule has 2 aromatic rings. The van der Waals surface area contributed by atoms with Crippen molar-refractivity contribution in [3.8, 4) is 0 Å². The molecule has 6 nitrogen and oxygen atoms in total. The summed E-state index contributed by atoms with van der Waals surface area (Å²) in [5.41, 5.74) is 1.69. The van der Waals surface area contributed by atoms with Gasteiger partial charge in [-0.25, -0.2) is 9.97 Å². The van der Waals surface area contributed by atoms with Gasteiger partial charge in [-0.15, -0.1) is 0 Å². The van der Waals surface area contributed by atoms with E-state index in [-0.39, 0.29) is 18.6 Å². The van der Waals surface area contributed by atoms with Crippen LogP contribution in [0.25, 0.3) is 0 Å². The van der Waals surface area contributed by atoms with Crippen LogP contribution in [0.3, 0.4) is 0 Å². The summed E-state index contributed by atoms with van der Waals surface area (Å²) >= 11 is 6.52. The molecule has 0 amide bonds. The molecule has 1 aliphatic heterocycles. The Labute approximate surface area is 152 Å². The zero-order chi connectivity index (χ0) is 17.7. The Morgan fingerprint density at radius 1 is 1.16 bits per heavy atom. The van der Waals surface area contributed by atoms with Crippen LogP contribution in [0.4, 0.5) is 5.95 Å². The molecule has 3 rings (SSSR count). The molecule has 0 unspecified atom stereocenters. The summed E-state index contributed by atoms with van der Waals surface area (Å²) in [5, 5.41) is 25.6. The van der Waals surface area contributed by atoms with E-state index in [0.717, 1.165) is 42.2 Å². The molecule has 25 heavy (non-hydrogen) atoms. The van der Waals surface area contributed by atoms with Gasteiger partial charge in [-0.05, 0) is 43.6 Å². The lowest BCUT2D eigenvalue weighted by Gasteiger charge is -2.38.